The molecule has 0 bridgehead atoms. The van der Waals surface area contributed by atoms with E-state index in [0.29, 0.717) is 13.1 Å². The van der Waals surface area contributed by atoms with Gasteiger partial charge in [-0.2, -0.15) is 0 Å². The van der Waals surface area contributed by atoms with Crippen LogP contribution in [0.3, 0.4) is 0 Å². The first-order valence-electron chi connectivity index (χ1n) is 10.2. The molecule has 0 aliphatic carbocycles. The molecular weight excluding hydrogens is 364 g/mol. The Bertz CT molecular complexity index is 848. The third-order valence-electron chi connectivity index (χ3n) is 5.29. The van der Waals surface area contributed by atoms with Gasteiger partial charge in [-0.3, -0.25) is 9.59 Å². The maximum absolute atomic E-state index is 12.2. The van der Waals surface area contributed by atoms with Gasteiger partial charge in [-0.25, -0.2) is 0 Å². The molecule has 29 heavy (non-hydrogen) atoms. The SMILES string of the molecule is CCCNC(=O)C(=O)NC[C@@H](c1ccc(N(C)C)cc1)N1CCc2ccccc21. The summed E-state index contributed by atoms with van der Waals surface area (Å²) in [7, 11) is 4.02. The van der Waals surface area contributed by atoms with Crippen molar-refractivity contribution < 1.29 is 9.59 Å². The lowest BCUT2D eigenvalue weighted by atomic mass is 10.0. The molecule has 2 amide bonds. The van der Waals surface area contributed by atoms with Gasteiger partial charge in [0.05, 0.1) is 6.04 Å². The number of nitrogens with zero attached hydrogens (tertiary/aromatic N) is 2. The fourth-order valence-electron chi connectivity index (χ4n) is 3.68. The normalized spacial score (nSPS) is 13.6. The van der Waals surface area contributed by atoms with E-state index in [1.807, 2.05) is 27.1 Å². The Labute approximate surface area is 172 Å². The number of hydrogen-bond acceptors (Lipinski definition) is 4. The molecule has 1 aliphatic rings. The molecule has 0 spiro atoms. The Balaban J connectivity index is 1.81. The molecule has 0 aromatic heterocycles. The van der Waals surface area contributed by atoms with Crippen LogP contribution in [0, 0.1) is 0 Å². The minimum atomic E-state index is -0.583. The van der Waals surface area contributed by atoms with Crippen LogP contribution >= 0.6 is 0 Å². The Morgan fingerprint density at radius 1 is 1.03 bits per heavy atom. The highest BCUT2D eigenvalue weighted by Gasteiger charge is 2.28. The third kappa shape index (κ3) is 4.88. The minimum Gasteiger partial charge on any atom is -0.378 e. The number of nitrogens with one attached hydrogen (secondary N) is 2. The summed E-state index contributed by atoms with van der Waals surface area (Å²) in [6.45, 7) is 3.71. The molecular formula is C23H30N4O2. The molecule has 2 aromatic carbocycles. The molecule has 0 saturated heterocycles. The van der Waals surface area contributed by atoms with E-state index in [-0.39, 0.29) is 6.04 Å². The van der Waals surface area contributed by atoms with Gasteiger partial charge in [-0.15, -0.1) is 0 Å². The lowest BCUT2D eigenvalue weighted by molar-refractivity contribution is -0.139. The summed E-state index contributed by atoms with van der Waals surface area (Å²) in [5, 5.41) is 5.46. The number of rotatable bonds is 7. The number of fused-ring (bicyclic) bond motifs is 1. The van der Waals surface area contributed by atoms with Crippen LogP contribution in [0.5, 0.6) is 0 Å². The predicted octanol–water partition coefficient (Wildman–Crippen LogP) is 2.50. The van der Waals surface area contributed by atoms with Gasteiger partial charge in [-0.05, 0) is 42.2 Å². The highest BCUT2D eigenvalue weighted by Crippen LogP contribution is 2.35. The molecule has 0 radical (unpaired) electrons. The molecule has 0 saturated carbocycles. The van der Waals surface area contributed by atoms with Gasteiger partial charge < -0.3 is 20.4 Å². The van der Waals surface area contributed by atoms with Gasteiger partial charge in [0, 0.05) is 45.1 Å². The van der Waals surface area contributed by atoms with E-state index in [4.69, 9.17) is 0 Å². The van der Waals surface area contributed by atoms with Crippen molar-refractivity contribution in [3.05, 3.63) is 59.7 Å². The highest BCUT2D eigenvalue weighted by molar-refractivity contribution is 6.35. The van der Waals surface area contributed by atoms with Crippen LogP contribution in [0.4, 0.5) is 11.4 Å². The first-order chi connectivity index (χ1) is 14.0. The third-order valence-corrected chi connectivity index (χ3v) is 5.29. The largest absolute Gasteiger partial charge is 0.378 e. The van der Waals surface area contributed by atoms with Crippen LogP contribution in [0.2, 0.25) is 0 Å². The Morgan fingerprint density at radius 3 is 2.41 bits per heavy atom. The minimum absolute atomic E-state index is 0.0437. The molecule has 6 nitrogen and oxygen atoms in total. The molecule has 1 aliphatic heterocycles. The quantitative estimate of drug-likeness (QED) is 0.709. The second kappa shape index (κ2) is 9.45. The molecule has 0 fully saturated rings. The predicted molar refractivity (Wildman–Crippen MR) is 117 cm³/mol. The van der Waals surface area contributed by atoms with E-state index in [1.54, 1.807) is 0 Å². The summed E-state index contributed by atoms with van der Waals surface area (Å²) >= 11 is 0. The number of carbonyl (C=O) groups excluding carboxylic acids is 2. The van der Waals surface area contributed by atoms with Crippen molar-refractivity contribution in [1.29, 1.82) is 0 Å². The Hall–Kier alpha value is -3.02. The van der Waals surface area contributed by atoms with Crippen molar-refractivity contribution in [3.63, 3.8) is 0 Å². The van der Waals surface area contributed by atoms with Crippen LogP contribution in [-0.2, 0) is 16.0 Å². The van der Waals surface area contributed by atoms with E-state index in [9.17, 15) is 9.59 Å². The fraction of sp³-hybridized carbons (Fsp3) is 0.391. The number of amides is 2. The van der Waals surface area contributed by atoms with Crippen molar-refractivity contribution in [2.24, 2.45) is 0 Å². The van der Waals surface area contributed by atoms with E-state index in [1.165, 1.54) is 11.3 Å². The average Bonchev–Trinajstić information content (AvgIpc) is 3.16. The lowest BCUT2D eigenvalue weighted by Gasteiger charge is -2.31. The Morgan fingerprint density at radius 2 is 1.72 bits per heavy atom. The van der Waals surface area contributed by atoms with Crippen LogP contribution in [0.15, 0.2) is 48.5 Å². The average molecular weight is 395 g/mol. The molecule has 2 aromatic rings. The van der Waals surface area contributed by atoms with Crippen LogP contribution in [0.25, 0.3) is 0 Å². The zero-order valence-corrected chi connectivity index (χ0v) is 17.4. The van der Waals surface area contributed by atoms with E-state index in [2.05, 4.69) is 62.9 Å². The number of hydrogen-bond donors (Lipinski definition) is 2. The summed E-state index contributed by atoms with van der Waals surface area (Å²) < 4.78 is 0. The van der Waals surface area contributed by atoms with Gasteiger partial charge in [0.2, 0.25) is 0 Å². The summed E-state index contributed by atoms with van der Waals surface area (Å²) in [6.07, 6.45) is 1.78. The van der Waals surface area contributed by atoms with Gasteiger partial charge in [0.1, 0.15) is 0 Å². The fourth-order valence-corrected chi connectivity index (χ4v) is 3.68. The molecule has 1 atom stereocenters. The number of benzene rings is 2. The molecule has 6 heteroatoms. The zero-order chi connectivity index (χ0) is 20.8. The zero-order valence-electron chi connectivity index (χ0n) is 17.4. The number of carbonyl (C=O) groups is 2. The van der Waals surface area contributed by atoms with Crippen LogP contribution in [0.1, 0.15) is 30.5 Å². The maximum Gasteiger partial charge on any atom is 0.309 e. The summed E-state index contributed by atoms with van der Waals surface area (Å²) in [4.78, 5) is 28.6. The highest BCUT2D eigenvalue weighted by atomic mass is 16.2. The van der Waals surface area contributed by atoms with Crippen LogP contribution < -0.4 is 20.4 Å². The first kappa shape index (κ1) is 20.7. The van der Waals surface area contributed by atoms with E-state index >= 15 is 0 Å². The van der Waals surface area contributed by atoms with Crippen molar-refractivity contribution in [1.82, 2.24) is 10.6 Å². The lowest BCUT2D eigenvalue weighted by Crippen LogP contribution is -2.44. The summed E-state index contributed by atoms with van der Waals surface area (Å²) in [6, 6.07) is 16.7. The number of anilines is 2. The topological polar surface area (TPSA) is 64.7 Å². The van der Waals surface area contributed by atoms with Gasteiger partial charge in [-0.1, -0.05) is 37.3 Å². The van der Waals surface area contributed by atoms with Crippen LogP contribution in [-0.4, -0.2) is 45.5 Å². The standard InChI is InChI=1S/C23H30N4O2/c1-4-14-24-22(28)23(29)25-16-21(18-9-11-19(12-10-18)26(2)3)27-15-13-17-7-5-6-8-20(17)27/h5-12,21H,4,13-16H2,1-3H3,(H,24,28)(H,25,29)/t21-/m0/s1. The van der Waals surface area contributed by atoms with Crippen molar-refractivity contribution in [2.45, 2.75) is 25.8 Å². The Kier molecular flexibility index (Phi) is 6.75. The second-order valence-corrected chi connectivity index (χ2v) is 7.54. The molecule has 1 heterocycles. The smallest absolute Gasteiger partial charge is 0.309 e. The second-order valence-electron chi connectivity index (χ2n) is 7.54. The first-order valence-corrected chi connectivity index (χ1v) is 10.2. The van der Waals surface area contributed by atoms with Crippen molar-refractivity contribution >= 4 is 23.2 Å². The van der Waals surface area contributed by atoms with E-state index < -0.39 is 11.8 Å². The van der Waals surface area contributed by atoms with Gasteiger partial charge in [0.15, 0.2) is 0 Å². The molecule has 154 valence electrons. The molecule has 2 N–H and O–H groups in total. The van der Waals surface area contributed by atoms with Crippen molar-refractivity contribution in [2.75, 3.05) is 43.5 Å². The van der Waals surface area contributed by atoms with E-state index in [0.717, 1.165) is 30.6 Å². The molecule has 3 rings (SSSR count). The maximum atomic E-state index is 12.2. The summed E-state index contributed by atoms with van der Waals surface area (Å²) in [5.41, 5.74) is 4.74. The van der Waals surface area contributed by atoms with Crippen molar-refractivity contribution in [3.8, 4) is 0 Å². The summed E-state index contributed by atoms with van der Waals surface area (Å²) in [5.74, 6) is -1.16. The monoisotopic (exact) mass is 394 g/mol. The number of para-hydroxylation sites is 1. The van der Waals surface area contributed by atoms with Gasteiger partial charge >= 0.3 is 11.8 Å². The molecule has 0 unspecified atom stereocenters. The van der Waals surface area contributed by atoms with Gasteiger partial charge in [0.25, 0.3) is 0 Å².